The molecule has 9 nitrogen and oxygen atoms in total. The van der Waals surface area contributed by atoms with Gasteiger partial charge < -0.3 is 5.73 Å². The number of aromatic amines is 1. The molecule has 0 atom stereocenters. The Hall–Kier alpha value is -3.88. The Morgan fingerprint density at radius 1 is 1.04 bits per heavy atom. The predicted molar refractivity (Wildman–Crippen MR) is 91.5 cm³/mol. The van der Waals surface area contributed by atoms with E-state index in [0.29, 0.717) is 11.5 Å². The lowest BCUT2D eigenvalue weighted by atomic mass is 10.2. The number of anilines is 2. The summed E-state index contributed by atoms with van der Waals surface area (Å²) < 4.78 is 0. The Balaban J connectivity index is 1.59. The number of nitrogens with two attached hydrogens (primary N) is 1. The molecule has 0 spiro atoms. The summed E-state index contributed by atoms with van der Waals surface area (Å²) in [5.41, 5.74) is 7.10. The normalized spacial score (nSPS) is 10.7. The molecule has 0 aliphatic carbocycles. The van der Waals surface area contributed by atoms with Gasteiger partial charge in [0.15, 0.2) is 17.3 Å². The first-order valence-corrected chi connectivity index (χ1v) is 7.37. The van der Waals surface area contributed by atoms with Gasteiger partial charge in [0.25, 0.3) is 5.91 Å². The zero-order valence-electron chi connectivity index (χ0n) is 12.8. The smallest absolute Gasteiger partial charge is 0.280 e. The molecular formula is C16H12N8O. The first kappa shape index (κ1) is 14.7. The van der Waals surface area contributed by atoms with E-state index >= 15 is 0 Å². The minimum absolute atomic E-state index is 0.0117. The number of benzene rings is 1. The Labute approximate surface area is 141 Å². The van der Waals surface area contributed by atoms with Crippen molar-refractivity contribution in [1.29, 1.82) is 0 Å². The van der Waals surface area contributed by atoms with Gasteiger partial charge in [0.1, 0.15) is 5.69 Å². The van der Waals surface area contributed by atoms with Gasteiger partial charge in [0.2, 0.25) is 5.95 Å². The lowest BCUT2D eigenvalue weighted by Crippen LogP contribution is -2.17. The first-order valence-electron chi connectivity index (χ1n) is 7.37. The highest BCUT2D eigenvalue weighted by atomic mass is 16.2. The number of nitrogens with one attached hydrogen (secondary N) is 2. The molecule has 4 rings (SSSR count). The van der Waals surface area contributed by atoms with Crippen LogP contribution < -0.4 is 11.1 Å². The molecular weight excluding hydrogens is 320 g/mol. The van der Waals surface area contributed by atoms with Crippen molar-refractivity contribution in [2.24, 2.45) is 0 Å². The van der Waals surface area contributed by atoms with Crippen LogP contribution in [0.2, 0.25) is 0 Å². The van der Waals surface area contributed by atoms with E-state index in [1.54, 1.807) is 0 Å². The predicted octanol–water partition coefficient (Wildman–Crippen LogP) is 1.64. The van der Waals surface area contributed by atoms with Crippen LogP contribution >= 0.6 is 0 Å². The lowest BCUT2D eigenvalue weighted by Gasteiger charge is -2.01. The van der Waals surface area contributed by atoms with Crippen LogP contribution in [0.1, 0.15) is 10.5 Å². The quantitative estimate of drug-likeness (QED) is 0.519. The van der Waals surface area contributed by atoms with E-state index < -0.39 is 5.91 Å². The van der Waals surface area contributed by atoms with Gasteiger partial charge >= 0.3 is 0 Å². The number of nitrogen functional groups attached to an aromatic ring is 1. The second-order valence-electron chi connectivity index (χ2n) is 5.14. The van der Waals surface area contributed by atoms with Gasteiger partial charge in [-0.2, -0.15) is 4.98 Å². The van der Waals surface area contributed by atoms with E-state index in [1.165, 1.54) is 12.4 Å². The van der Waals surface area contributed by atoms with Crippen LogP contribution in [0.5, 0.6) is 0 Å². The van der Waals surface area contributed by atoms with Gasteiger partial charge in [-0.15, -0.1) is 5.10 Å². The van der Waals surface area contributed by atoms with Gasteiger partial charge in [-0.05, 0) is 12.1 Å². The zero-order chi connectivity index (χ0) is 17.2. The topological polar surface area (TPSA) is 135 Å². The van der Waals surface area contributed by atoms with Crippen molar-refractivity contribution in [2.45, 2.75) is 0 Å². The minimum Gasteiger partial charge on any atom is -0.382 e. The van der Waals surface area contributed by atoms with E-state index in [-0.39, 0.29) is 17.5 Å². The molecule has 0 fully saturated rings. The number of para-hydroxylation sites is 1. The molecule has 25 heavy (non-hydrogen) atoms. The highest BCUT2D eigenvalue weighted by molar-refractivity contribution is 6.04. The summed E-state index contributed by atoms with van der Waals surface area (Å²) >= 11 is 0. The molecule has 0 unspecified atom stereocenters. The number of hydrogen-bond acceptors (Lipinski definition) is 7. The summed E-state index contributed by atoms with van der Waals surface area (Å²) in [6, 6.07) is 11.5. The molecule has 1 aromatic carbocycles. The monoisotopic (exact) mass is 332 g/mol. The van der Waals surface area contributed by atoms with Crippen LogP contribution in [-0.2, 0) is 0 Å². The third-order valence-corrected chi connectivity index (χ3v) is 3.49. The Morgan fingerprint density at radius 2 is 1.88 bits per heavy atom. The summed E-state index contributed by atoms with van der Waals surface area (Å²) in [5.74, 6) is 0.0303. The van der Waals surface area contributed by atoms with Crippen LogP contribution in [0.25, 0.3) is 22.4 Å². The van der Waals surface area contributed by atoms with Crippen LogP contribution in [0, 0.1) is 0 Å². The summed E-state index contributed by atoms with van der Waals surface area (Å²) in [4.78, 5) is 28.6. The lowest BCUT2D eigenvalue weighted by molar-refractivity contribution is 0.102. The maximum Gasteiger partial charge on any atom is 0.280 e. The number of carbonyl (C=O) groups excluding carboxylic acids is 1. The van der Waals surface area contributed by atoms with E-state index in [1.807, 2.05) is 36.4 Å². The number of amides is 1. The third kappa shape index (κ3) is 2.85. The van der Waals surface area contributed by atoms with Crippen molar-refractivity contribution in [3.05, 3.63) is 54.5 Å². The number of fused-ring (bicyclic) bond motifs is 1. The molecule has 3 heterocycles. The number of carbonyl (C=O) groups is 1. The Kier molecular flexibility index (Phi) is 3.51. The van der Waals surface area contributed by atoms with Crippen molar-refractivity contribution in [3.63, 3.8) is 0 Å². The first-order chi connectivity index (χ1) is 12.2. The number of aromatic nitrogens is 6. The molecule has 1 amide bonds. The number of nitrogens with zero attached hydrogens (tertiary/aromatic N) is 5. The standard InChI is InChI=1S/C16H12N8O/c17-13-12(18-7-8-19-13)15(25)22-16-21-14(23-24-16)11-6-5-9-3-1-2-4-10(9)20-11/h1-8H,(H2,17,19)(H2,21,22,23,24,25). The van der Waals surface area contributed by atoms with Crippen molar-refractivity contribution in [1.82, 2.24) is 30.1 Å². The van der Waals surface area contributed by atoms with E-state index in [4.69, 9.17) is 5.73 Å². The van der Waals surface area contributed by atoms with E-state index in [2.05, 4.69) is 35.5 Å². The summed E-state index contributed by atoms with van der Waals surface area (Å²) in [6.07, 6.45) is 2.79. The van der Waals surface area contributed by atoms with Gasteiger partial charge in [-0.3, -0.25) is 15.2 Å². The van der Waals surface area contributed by atoms with Gasteiger partial charge in [-0.25, -0.2) is 15.0 Å². The average molecular weight is 332 g/mol. The van der Waals surface area contributed by atoms with Crippen LogP contribution in [0.4, 0.5) is 11.8 Å². The fourth-order valence-corrected chi connectivity index (χ4v) is 2.31. The number of pyridine rings is 1. The fourth-order valence-electron chi connectivity index (χ4n) is 2.31. The zero-order valence-corrected chi connectivity index (χ0v) is 12.8. The maximum absolute atomic E-state index is 12.2. The molecule has 0 radical (unpaired) electrons. The van der Waals surface area contributed by atoms with Crippen LogP contribution in [0.3, 0.4) is 0 Å². The summed E-state index contributed by atoms with van der Waals surface area (Å²) in [6.45, 7) is 0. The van der Waals surface area contributed by atoms with Gasteiger partial charge in [0.05, 0.1) is 5.52 Å². The van der Waals surface area contributed by atoms with Gasteiger partial charge in [-0.1, -0.05) is 24.3 Å². The van der Waals surface area contributed by atoms with Crippen molar-refractivity contribution >= 4 is 28.6 Å². The molecule has 0 aliphatic rings. The SMILES string of the molecule is Nc1nccnc1C(=O)Nc1n[nH]c(-c2ccc3ccccc3n2)n1. The summed E-state index contributed by atoms with van der Waals surface area (Å²) in [5, 5.41) is 10.3. The fraction of sp³-hybridized carbons (Fsp3) is 0. The maximum atomic E-state index is 12.2. The van der Waals surface area contributed by atoms with E-state index in [9.17, 15) is 4.79 Å². The minimum atomic E-state index is -0.539. The van der Waals surface area contributed by atoms with Crippen LogP contribution in [0.15, 0.2) is 48.8 Å². The second-order valence-corrected chi connectivity index (χ2v) is 5.14. The highest BCUT2D eigenvalue weighted by Crippen LogP contribution is 2.18. The molecule has 0 bridgehead atoms. The van der Waals surface area contributed by atoms with Crippen molar-refractivity contribution < 1.29 is 4.79 Å². The van der Waals surface area contributed by atoms with E-state index in [0.717, 1.165) is 10.9 Å². The highest BCUT2D eigenvalue weighted by Gasteiger charge is 2.15. The number of hydrogen-bond donors (Lipinski definition) is 3. The molecule has 0 saturated carbocycles. The molecule has 122 valence electrons. The molecule has 4 N–H and O–H groups in total. The second kappa shape index (κ2) is 5.96. The van der Waals surface area contributed by atoms with Crippen molar-refractivity contribution in [2.75, 3.05) is 11.1 Å². The van der Waals surface area contributed by atoms with Gasteiger partial charge in [0, 0.05) is 17.8 Å². The van der Waals surface area contributed by atoms with Crippen LogP contribution in [-0.4, -0.2) is 36.0 Å². The Bertz CT molecular complexity index is 1070. The molecule has 4 aromatic rings. The molecule has 0 saturated heterocycles. The van der Waals surface area contributed by atoms with Crippen molar-refractivity contribution in [3.8, 4) is 11.5 Å². The largest absolute Gasteiger partial charge is 0.382 e. The Morgan fingerprint density at radius 3 is 2.76 bits per heavy atom. The number of H-pyrrole nitrogens is 1. The third-order valence-electron chi connectivity index (χ3n) is 3.49. The number of rotatable bonds is 3. The molecule has 3 aromatic heterocycles. The summed E-state index contributed by atoms with van der Waals surface area (Å²) in [7, 11) is 0. The average Bonchev–Trinajstić information content (AvgIpc) is 3.10. The molecule has 0 aliphatic heterocycles. The molecule has 9 heteroatoms.